The number of nitrogens with zero attached hydrogens (tertiary/aromatic N) is 3. The fraction of sp³-hybridized carbons (Fsp3) is 0.211. The van der Waals surface area contributed by atoms with Crippen molar-refractivity contribution in [2.45, 2.75) is 19.5 Å². The van der Waals surface area contributed by atoms with E-state index in [2.05, 4.69) is 15.6 Å². The van der Waals surface area contributed by atoms with Gasteiger partial charge >= 0.3 is 0 Å². The number of rotatable bonds is 5. The van der Waals surface area contributed by atoms with E-state index in [9.17, 15) is 4.79 Å². The minimum atomic E-state index is -0.269. The number of aromatic nitrogens is 3. The molecule has 1 aliphatic heterocycles. The van der Waals surface area contributed by atoms with Crippen LogP contribution in [0.4, 0.5) is 0 Å². The van der Waals surface area contributed by atoms with E-state index in [4.69, 9.17) is 9.47 Å². The summed E-state index contributed by atoms with van der Waals surface area (Å²) in [6, 6.07) is 15.3. The molecule has 4 rings (SSSR count). The Bertz CT molecular complexity index is 924. The Morgan fingerprint density at radius 2 is 2.00 bits per heavy atom. The van der Waals surface area contributed by atoms with E-state index in [1.54, 1.807) is 10.9 Å². The zero-order valence-electron chi connectivity index (χ0n) is 14.3. The standard InChI is InChI=1S/C19H18N4O3/c1-13(15-7-8-17-18(9-15)26-12-25-17)20-19(24)16-11-23(22-21-16)10-14-5-3-2-4-6-14/h2-9,11,13H,10,12H2,1H3,(H,20,24)/t13-/m1/s1. The molecule has 0 bridgehead atoms. The maximum absolute atomic E-state index is 12.4. The van der Waals surface area contributed by atoms with Gasteiger partial charge in [0.05, 0.1) is 18.8 Å². The molecule has 0 spiro atoms. The third kappa shape index (κ3) is 3.37. The molecule has 0 radical (unpaired) electrons. The summed E-state index contributed by atoms with van der Waals surface area (Å²) in [4.78, 5) is 12.4. The minimum Gasteiger partial charge on any atom is -0.454 e. The molecule has 1 amide bonds. The van der Waals surface area contributed by atoms with E-state index < -0.39 is 0 Å². The summed E-state index contributed by atoms with van der Waals surface area (Å²) in [6.45, 7) is 2.70. The highest BCUT2D eigenvalue weighted by molar-refractivity contribution is 5.92. The van der Waals surface area contributed by atoms with Gasteiger partial charge in [-0.1, -0.05) is 41.6 Å². The molecule has 0 unspecified atom stereocenters. The van der Waals surface area contributed by atoms with Gasteiger partial charge in [-0.2, -0.15) is 0 Å². The Labute approximate surface area is 150 Å². The summed E-state index contributed by atoms with van der Waals surface area (Å²) in [5.41, 5.74) is 2.31. The predicted molar refractivity (Wildman–Crippen MR) is 94.0 cm³/mol. The first-order chi connectivity index (χ1) is 12.7. The number of hydrogen-bond donors (Lipinski definition) is 1. The SMILES string of the molecule is C[C@@H](NC(=O)c1cn(Cc2ccccc2)nn1)c1ccc2c(c1)OCO2. The van der Waals surface area contributed by atoms with Gasteiger partial charge in [0, 0.05) is 0 Å². The van der Waals surface area contributed by atoms with E-state index in [-0.39, 0.29) is 24.4 Å². The average Bonchev–Trinajstić information content (AvgIpc) is 3.31. The molecule has 1 N–H and O–H groups in total. The number of amides is 1. The van der Waals surface area contributed by atoms with Crippen LogP contribution in [-0.2, 0) is 6.54 Å². The normalized spacial score (nSPS) is 13.4. The first kappa shape index (κ1) is 16.1. The van der Waals surface area contributed by atoms with E-state index in [0.717, 1.165) is 16.9 Å². The molecule has 1 aromatic heterocycles. The van der Waals surface area contributed by atoms with Crippen molar-refractivity contribution in [3.63, 3.8) is 0 Å². The number of fused-ring (bicyclic) bond motifs is 1. The molecule has 7 nitrogen and oxygen atoms in total. The number of ether oxygens (including phenoxy) is 2. The first-order valence-electron chi connectivity index (χ1n) is 8.33. The smallest absolute Gasteiger partial charge is 0.273 e. The lowest BCUT2D eigenvalue weighted by Gasteiger charge is -2.13. The number of hydrogen-bond acceptors (Lipinski definition) is 5. The molecule has 0 fully saturated rings. The number of benzene rings is 2. The largest absolute Gasteiger partial charge is 0.454 e. The van der Waals surface area contributed by atoms with Gasteiger partial charge in [-0.3, -0.25) is 4.79 Å². The average molecular weight is 350 g/mol. The third-order valence-corrected chi connectivity index (χ3v) is 4.20. The van der Waals surface area contributed by atoms with Crippen LogP contribution in [-0.4, -0.2) is 27.7 Å². The van der Waals surface area contributed by atoms with E-state index in [1.165, 1.54) is 0 Å². The van der Waals surface area contributed by atoms with E-state index in [1.807, 2.05) is 55.5 Å². The molecule has 26 heavy (non-hydrogen) atoms. The lowest BCUT2D eigenvalue weighted by atomic mass is 10.1. The van der Waals surface area contributed by atoms with Crippen molar-refractivity contribution in [3.05, 3.63) is 71.5 Å². The Morgan fingerprint density at radius 3 is 2.85 bits per heavy atom. The van der Waals surface area contributed by atoms with Crippen LogP contribution in [0.3, 0.4) is 0 Å². The second-order valence-electron chi connectivity index (χ2n) is 6.09. The van der Waals surface area contributed by atoms with Crippen LogP contribution in [0.1, 0.15) is 34.6 Å². The van der Waals surface area contributed by atoms with Gasteiger partial charge in [0.1, 0.15) is 0 Å². The van der Waals surface area contributed by atoms with Crippen molar-refractivity contribution in [2.24, 2.45) is 0 Å². The van der Waals surface area contributed by atoms with Crippen molar-refractivity contribution in [1.82, 2.24) is 20.3 Å². The fourth-order valence-corrected chi connectivity index (χ4v) is 2.79. The monoisotopic (exact) mass is 350 g/mol. The Morgan fingerprint density at radius 1 is 1.19 bits per heavy atom. The highest BCUT2D eigenvalue weighted by atomic mass is 16.7. The number of nitrogens with one attached hydrogen (secondary N) is 1. The number of carbonyl (C=O) groups excluding carboxylic acids is 1. The van der Waals surface area contributed by atoms with Crippen LogP contribution in [0, 0.1) is 0 Å². The van der Waals surface area contributed by atoms with Crippen LogP contribution in [0.15, 0.2) is 54.7 Å². The number of carbonyl (C=O) groups is 1. The van der Waals surface area contributed by atoms with Crippen LogP contribution < -0.4 is 14.8 Å². The molecule has 132 valence electrons. The Hall–Kier alpha value is -3.35. The van der Waals surface area contributed by atoms with Crippen LogP contribution in [0.2, 0.25) is 0 Å². The Balaban J connectivity index is 1.41. The molecular formula is C19H18N4O3. The molecule has 2 heterocycles. The summed E-state index contributed by atoms with van der Waals surface area (Å²) in [7, 11) is 0. The molecular weight excluding hydrogens is 332 g/mol. The molecule has 0 aliphatic carbocycles. The molecule has 7 heteroatoms. The molecule has 3 aromatic rings. The zero-order valence-corrected chi connectivity index (χ0v) is 14.3. The zero-order chi connectivity index (χ0) is 17.9. The Kier molecular flexibility index (Phi) is 4.27. The summed E-state index contributed by atoms with van der Waals surface area (Å²) in [6.07, 6.45) is 1.65. The van der Waals surface area contributed by atoms with Gasteiger partial charge in [-0.05, 0) is 30.2 Å². The van der Waals surface area contributed by atoms with Crippen molar-refractivity contribution >= 4 is 5.91 Å². The van der Waals surface area contributed by atoms with Gasteiger partial charge in [-0.15, -0.1) is 5.10 Å². The summed E-state index contributed by atoms with van der Waals surface area (Å²) >= 11 is 0. The van der Waals surface area contributed by atoms with Crippen molar-refractivity contribution in [2.75, 3.05) is 6.79 Å². The lowest BCUT2D eigenvalue weighted by molar-refractivity contribution is 0.0934. The maximum atomic E-state index is 12.4. The molecule has 1 aliphatic rings. The van der Waals surface area contributed by atoms with Crippen LogP contribution in [0.25, 0.3) is 0 Å². The summed E-state index contributed by atoms with van der Waals surface area (Å²) < 4.78 is 12.3. The van der Waals surface area contributed by atoms with Gasteiger partial charge < -0.3 is 14.8 Å². The van der Waals surface area contributed by atoms with Gasteiger partial charge in [-0.25, -0.2) is 4.68 Å². The van der Waals surface area contributed by atoms with Gasteiger partial charge in [0.2, 0.25) is 6.79 Å². The molecule has 0 saturated carbocycles. The summed E-state index contributed by atoms with van der Waals surface area (Å²) in [5, 5.41) is 10.9. The topological polar surface area (TPSA) is 78.3 Å². The maximum Gasteiger partial charge on any atom is 0.273 e. The fourth-order valence-electron chi connectivity index (χ4n) is 2.79. The molecule has 2 aromatic carbocycles. The van der Waals surface area contributed by atoms with E-state index >= 15 is 0 Å². The van der Waals surface area contributed by atoms with Crippen molar-refractivity contribution in [3.8, 4) is 11.5 Å². The van der Waals surface area contributed by atoms with E-state index in [0.29, 0.717) is 12.3 Å². The predicted octanol–water partition coefficient (Wildman–Crippen LogP) is 2.55. The summed E-state index contributed by atoms with van der Waals surface area (Å²) in [5.74, 6) is 1.14. The van der Waals surface area contributed by atoms with Crippen LogP contribution >= 0.6 is 0 Å². The van der Waals surface area contributed by atoms with Crippen molar-refractivity contribution in [1.29, 1.82) is 0 Å². The quantitative estimate of drug-likeness (QED) is 0.765. The molecule has 0 saturated heterocycles. The minimum absolute atomic E-state index is 0.198. The third-order valence-electron chi connectivity index (χ3n) is 4.20. The van der Waals surface area contributed by atoms with Gasteiger partial charge in [0.25, 0.3) is 5.91 Å². The molecule has 1 atom stereocenters. The first-order valence-corrected chi connectivity index (χ1v) is 8.33. The lowest BCUT2D eigenvalue weighted by Crippen LogP contribution is -2.27. The van der Waals surface area contributed by atoms with Crippen molar-refractivity contribution < 1.29 is 14.3 Å². The van der Waals surface area contributed by atoms with Gasteiger partial charge in [0.15, 0.2) is 17.2 Å². The second-order valence-corrected chi connectivity index (χ2v) is 6.09. The second kappa shape index (κ2) is 6.87. The van der Waals surface area contributed by atoms with Crippen LogP contribution in [0.5, 0.6) is 11.5 Å². The highest BCUT2D eigenvalue weighted by Crippen LogP contribution is 2.34. The highest BCUT2D eigenvalue weighted by Gasteiger charge is 2.18.